The van der Waals surface area contributed by atoms with Crippen LogP contribution in [0.25, 0.3) is 0 Å². The van der Waals surface area contributed by atoms with Gasteiger partial charge in [0, 0.05) is 18.7 Å². The monoisotopic (exact) mass is 339 g/mol. The summed E-state index contributed by atoms with van der Waals surface area (Å²) in [5, 5.41) is 0. The van der Waals surface area contributed by atoms with E-state index in [2.05, 4.69) is 0 Å². The van der Waals surface area contributed by atoms with Gasteiger partial charge in [-0.1, -0.05) is 30.3 Å². The van der Waals surface area contributed by atoms with E-state index in [4.69, 9.17) is 9.47 Å². The lowest BCUT2D eigenvalue weighted by molar-refractivity contribution is -0.139. The molecule has 1 fully saturated rings. The molecule has 0 aliphatic carbocycles. The number of ether oxygens (including phenoxy) is 2. The molecule has 5 nitrogen and oxygen atoms in total. The minimum atomic E-state index is -0.489. The summed E-state index contributed by atoms with van der Waals surface area (Å²) in [5.41, 5.74) is 2.93. The number of anilines is 1. The number of aryl methyl sites for hydroxylation is 2. The van der Waals surface area contributed by atoms with E-state index in [0.29, 0.717) is 18.0 Å². The van der Waals surface area contributed by atoms with Crippen molar-refractivity contribution in [2.45, 2.75) is 20.3 Å². The van der Waals surface area contributed by atoms with Crippen molar-refractivity contribution < 1.29 is 19.1 Å². The topological polar surface area (TPSA) is 55.8 Å². The van der Waals surface area contributed by atoms with Gasteiger partial charge in [0.25, 0.3) is 0 Å². The summed E-state index contributed by atoms with van der Waals surface area (Å²) in [6, 6.07) is 12.9. The van der Waals surface area contributed by atoms with E-state index in [-0.39, 0.29) is 12.3 Å². The van der Waals surface area contributed by atoms with Gasteiger partial charge in [0.05, 0.1) is 13.0 Å². The Bertz CT molecular complexity index is 795. The fourth-order valence-corrected chi connectivity index (χ4v) is 3.21. The van der Waals surface area contributed by atoms with Gasteiger partial charge < -0.3 is 14.4 Å². The van der Waals surface area contributed by atoms with Gasteiger partial charge in [-0.15, -0.1) is 0 Å². The van der Waals surface area contributed by atoms with Gasteiger partial charge in [-0.25, -0.2) is 0 Å². The molecule has 1 atom stereocenters. The van der Waals surface area contributed by atoms with Crippen LogP contribution in [0.15, 0.2) is 42.5 Å². The number of para-hydroxylation sites is 3. The molecular weight excluding hydrogens is 318 g/mol. The Morgan fingerprint density at radius 2 is 1.68 bits per heavy atom. The molecule has 130 valence electrons. The number of amides is 1. The van der Waals surface area contributed by atoms with Crippen LogP contribution in [0.2, 0.25) is 0 Å². The first kappa shape index (κ1) is 17.0. The minimum absolute atomic E-state index is 0.0561. The summed E-state index contributed by atoms with van der Waals surface area (Å²) < 4.78 is 10.7. The van der Waals surface area contributed by atoms with Crippen molar-refractivity contribution >= 4 is 17.6 Å². The van der Waals surface area contributed by atoms with E-state index in [9.17, 15) is 9.59 Å². The summed E-state index contributed by atoms with van der Waals surface area (Å²) in [7, 11) is 1.52. The standard InChI is InChI=1S/C20H21NO4/c1-13-7-6-8-14(2)19(13)21-12-15(11-18(21)22)20(23)25-17-10-5-4-9-16(17)24-3/h4-10,15H,11-12H2,1-3H3/t15-/m0/s1. The zero-order valence-electron chi connectivity index (χ0n) is 14.6. The van der Waals surface area contributed by atoms with Gasteiger partial charge in [-0.2, -0.15) is 0 Å². The van der Waals surface area contributed by atoms with Crippen LogP contribution in [0, 0.1) is 19.8 Å². The molecule has 1 aliphatic heterocycles. The van der Waals surface area contributed by atoms with Crippen LogP contribution in [-0.2, 0) is 9.59 Å². The van der Waals surface area contributed by atoms with E-state index < -0.39 is 11.9 Å². The molecule has 0 aromatic heterocycles. The number of nitrogens with zero attached hydrogens (tertiary/aromatic N) is 1. The summed E-state index contributed by atoms with van der Waals surface area (Å²) in [6.45, 7) is 4.27. The second-order valence-corrected chi connectivity index (χ2v) is 6.22. The highest BCUT2D eigenvalue weighted by molar-refractivity contribution is 6.00. The van der Waals surface area contributed by atoms with E-state index in [1.54, 1.807) is 29.2 Å². The number of hydrogen-bond acceptors (Lipinski definition) is 4. The van der Waals surface area contributed by atoms with Gasteiger partial charge in [0.2, 0.25) is 5.91 Å². The van der Waals surface area contributed by atoms with E-state index in [1.165, 1.54) is 7.11 Å². The van der Waals surface area contributed by atoms with Crippen molar-refractivity contribution in [1.29, 1.82) is 0 Å². The van der Waals surface area contributed by atoms with Crippen LogP contribution < -0.4 is 14.4 Å². The Balaban J connectivity index is 1.77. The number of carbonyl (C=O) groups is 2. The number of rotatable bonds is 4. The van der Waals surface area contributed by atoms with E-state index >= 15 is 0 Å². The molecule has 2 aromatic carbocycles. The van der Waals surface area contributed by atoms with Gasteiger partial charge in [-0.3, -0.25) is 9.59 Å². The number of carbonyl (C=O) groups excluding carboxylic acids is 2. The van der Waals surface area contributed by atoms with Crippen LogP contribution in [0.1, 0.15) is 17.5 Å². The van der Waals surface area contributed by atoms with Crippen molar-refractivity contribution in [3.63, 3.8) is 0 Å². The molecule has 0 radical (unpaired) electrons. The first-order valence-electron chi connectivity index (χ1n) is 8.22. The molecular formula is C20H21NO4. The van der Waals surface area contributed by atoms with Crippen LogP contribution in [0.5, 0.6) is 11.5 Å². The van der Waals surface area contributed by atoms with Gasteiger partial charge in [0.15, 0.2) is 11.5 Å². The molecule has 0 unspecified atom stereocenters. The molecule has 25 heavy (non-hydrogen) atoms. The molecule has 0 bridgehead atoms. The van der Waals surface area contributed by atoms with Gasteiger partial charge in [0.1, 0.15) is 0 Å². The third-order valence-corrected chi connectivity index (χ3v) is 4.45. The summed E-state index contributed by atoms with van der Waals surface area (Å²) in [6.07, 6.45) is 0.155. The lowest BCUT2D eigenvalue weighted by atomic mass is 10.1. The third kappa shape index (κ3) is 3.36. The highest BCUT2D eigenvalue weighted by Gasteiger charge is 2.37. The number of hydrogen-bond donors (Lipinski definition) is 0. The maximum absolute atomic E-state index is 12.5. The number of methoxy groups -OCH3 is 1. The second-order valence-electron chi connectivity index (χ2n) is 6.22. The van der Waals surface area contributed by atoms with Crippen LogP contribution >= 0.6 is 0 Å². The van der Waals surface area contributed by atoms with Crippen LogP contribution in [0.4, 0.5) is 5.69 Å². The molecule has 1 heterocycles. The molecule has 3 rings (SSSR count). The van der Waals surface area contributed by atoms with Crippen molar-refractivity contribution in [2.75, 3.05) is 18.6 Å². The largest absolute Gasteiger partial charge is 0.493 e. The Kier molecular flexibility index (Phi) is 4.74. The van der Waals surface area contributed by atoms with Gasteiger partial charge in [-0.05, 0) is 37.1 Å². The Labute approximate surface area is 147 Å². The smallest absolute Gasteiger partial charge is 0.316 e. The first-order chi connectivity index (χ1) is 12.0. The maximum atomic E-state index is 12.5. The van der Waals surface area contributed by atoms with Crippen molar-refractivity contribution in [3.8, 4) is 11.5 Å². The zero-order valence-corrected chi connectivity index (χ0v) is 14.6. The zero-order chi connectivity index (χ0) is 18.0. The highest BCUT2D eigenvalue weighted by Crippen LogP contribution is 2.32. The predicted octanol–water partition coefficient (Wildman–Crippen LogP) is 3.27. The Hall–Kier alpha value is -2.82. The summed E-state index contributed by atoms with van der Waals surface area (Å²) >= 11 is 0. The molecule has 0 spiro atoms. The summed E-state index contributed by atoms with van der Waals surface area (Å²) in [5.74, 6) is -0.0952. The quantitative estimate of drug-likeness (QED) is 0.634. The molecule has 0 saturated carbocycles. The molecule has 1 amide bonds. The fourth-order valence-electron chi connectivity index (χ4n) is 3.21. The van der Waals surface area contributed by atoms with Crippen LogP contribution in [0.3, 0.4) is 0 Å². The first-order valence-corrected chi connectivity index (χ1v) is 8.22. The normalized spacial score (nSPS) is 16.8. The number of esters is 1. The predicted molar refractivity (Wildman–Crippen MR) is 95.0 cm³/mol. The fraction of sp³-hybridized carbons (Fsp3) is 0.300. The molecule has 5 heteroatoms. The Morgan fingerprint density at radius 3 is 2.32 bits per heavy atom. The van der Waals surface area contributed by atoms with E-state index in [1.807, 2.05) is 32.0 Å². The molecule has 1 saturated heterocycles. The number of benzene rings is 2. The van der Waals surface area contributed by atoms with Crippen molar-refractivity contribution in [1.82, 2.24) is 0 Å². The maximum Gasteiger partial charge on any atom is 0.316 e. The second kappa shape index (κ2) is 6.97. The third-order valence-electron chi connectivity index (χ3n) is 4.45. The molecule has 0 N–H and O–H groups in total. The molecule has 1 aliphatic rings. The molecule has 2 aromatic rings. The average molecular weight is 339 g/mol. The van der Waals surface area contributed by atoms with Crippen LogP contribution in [-0.4, -0.2) is 25.5 Å². The highest BCUT2D eigenvalue weighted by atomic mass is 16.6. The minimum Gasteiger partial charge on any atom is -0.493 e. The van der Waals surface area contributed by atoms with Crippen molar-refractivity contribution in [2.24, 2.45) is 5.92 Å². The van der Waals surface area contributed by atoms with Gasteiger partial charge >= 0.3 is 5.97 Å². The van der Waals surface area contributed by atoms with Crippen molar-refractivity contribution in [3.05, 3.63) is 53.6 Å². The van der Waals surface area contributed by atoms with E-state index in [0.717, 1.165) is 16.8 Å². The lowest BCUT2D eigenvalue weighted by Gasteiger charge is -2.21. The Morgan fingerprint density at radius 1 is 1.04 bits per heavy atom. The SMILES string of the molecule is COc1ccccc1OC(=O)[C@H]1CC(=O)N(c2c(C)cccc2C)C1. The average Bonchev–Trinajstić information content (AvgIpc) is 2.97. The lowest BCUT2D eigenvalue weighted by Crippen LogP contribution is -2.28. The summed E-state index contributed by atoms with van der Waals surface area (Å²) in [4.78, 5) is 26.7.